The number of aryl methyl sites for hydroxylation is 1. The number of benzene rings is 3. The molecule has 1 unspecified atom stereocenters. The van der Waals surface area contributed by atoms with E-state index >= 15 is 0 Å². The van der Waals surface area contributed by atoms with Gasteiger partial charge in [-0.2, -0.15) is 4.31 Å². The molecule has 0 saturated heterocycles. The Labute approximate surface area is 216 Å². The van der Waals surface area contributed by atoms with Crippen molar-refractivity contribution in [1.82, 2.24) is 9.62 Å². The minimum atomic E-state index is -3.95. The summed E-state index contributed by atoms with van der Waals surface area (Å²) in [4.78, 5) is 27.7. The van der Waals surface area contributed by atoms with Gasteiger partial charge in [-0.3, -0.25) is 9.59 Å². The van der Waals surface area contributed by atoms with Crippen LogP contribution in [-0.2, 0) is 26.2 Å². The van der Waals surface area contributed by atoms with Crippen LogP contribution in [0.3, 0.4) is 0 Å². The Morgan fingerprint density at radius 1 is 1.08 bits per heavy atom. The van der Waals surface area contributed by atoms with E-state index < -0.39 is 28.6 Å². The number of nitrogens with one attached hydrogen (secondary N) is 1. The molecule has 3 aromatic carbocycles. The van der Waals surface area contributed by atoms with Gasteiger partial charge in [0.25, 0.3) is 5.91 Å². The van der Waals surface area contributed by atoms with Crippen LogP contribution in [0.1, 0.15) is 11.1 Å². The summed E-state index contributed by atoms with van der Waals surface area (Å²) in [5.41, 5.74) is 2.07. The van der Waals surface area contributed by atoms with Crippen LogP contribution < -0.4 is 19.7 Å². The van der Waals surface area contributed by atoms with Crippen LogP contribution in [0.4, 0.5) is 5.69 Å². The minimum absolute atomic E-state index is 0.0496. The van der Waals surface area contributed by atoms with E-state index in [2.05, 4.69) is 5.32 Å². The maximum absolute atomic E-state index is 13.4. The number of anilines is 1. The quantitative estimate of drug-likeness (QED) is 0.487. The fourth-order valence-corrected chi connectivity index (χ4v) is 5.26. The van der Waals surface area contributed by atoms with Crippen molar-refractivity contribution >= 4 is 27.5 Å². The van der Waals surface area contributed by atoms with Crippen molar-refractivity contribution in [2.45, 2.75) is 24.5 Å². The fourth-order valence-electron chi connectivity index (χ4n) is 4.06. The second-order valence-electron chi connectivity index (χ2n) is 8.67. The van der Waals surface area contributed by atoms with Crippen LogP contribution in [-0.4, -0.2) is 57.9 Å². The summed E-state index contributed by atoms with van der Waals surface area (Å²) in [6, 6.07) is 20.8. The number of methoxy groups -OCH3 is 1. The molecule has 1 heterocycles. The highest BCUT2D eigenvalue weighted by molar-refractivity contribution is 7.89. The fraction of sp³-hybridized carbons (Fsp3) is 0.259. The summed E-state index contributed by atoms with van der Waals surface area (Å²) in [7, 11) is -1.09. The Morgan fingerprint density at radius 2 is 1.78 bits per heavy atom. The molecule has 3 aromatic rings. The van der Waals surface area contributed by atoms with E-state index in [4.69, 9.17) is 9.47 Å². The van der Waals surface area contributed by atoms with Gasteiger partial charge in [0.05, 0.1) is 30.8 Å². The second-order valence-corrected chi connectivity index (χ2v) is 10.7. The molecule has 0 bridgehead atoms. The molecule has 37 heavy (non-hydrogen) atoms. The summed E-state index contributed by atoms with van der Waals surface area (Å²) in [6.45, 7) is 1.60. The molecule has 0 spiro atoms. The van der Waals surface area contributed by atoms with E-state index in [1.807, 2.05) is 30.3 Å². The molecule has 1 aliphatic heterocycles. The van der Waals surface area contributed by atoms with Gasteiger partial charge in [-0.15, -0.1) is 0 Å². The molecule has 0 aromatic heterocycles. The Balaban J connectivity index is 1.50. The van der Waals surface area contributed by atoms with Gasteiger partial charge in [0.1, 0.15) is 11.5 Å². The van der Waals surface area contributed by atoms with Gasteiger partial charge >= 0.3 is 0 Å². The predicted octanol–water partition coefficient (Wildman–Crippen LogP) is 2.73. The zero-order valence-electron chi connectivity index (χ0n) is 20.9. The first kappa shape index (κ1) is 26.2. The van der Waals surface area contributed by atoms with E-state index in [-0.39, 0.29) is 17.3 Å². The summed E-state index contributed by atoms with van der Waals surface area (Å²) in [6.07, 6.45) is -0.950. The Kier molecular flexibility index (Phi) is 7.80. The van der Waals surface area contributed by atoms with Crippen LogP contribution in [0, 0.1) is 6.92 Å². The number of para-hydroxylation sites is 2. The summed E-state index contributed by atoms with van der Waals surface area (Å²) in [5, 5.41) is 2.84. The first-order valence-corrected chi connectivity index (χ1v) is 13.1. The van der Waals surface area contributed by atoms with Crippen molar-refractivity contribution < 1.29 is 27.5 Å². The number of amides is 2. The zero-order valence-corrected chi connectivity index (χ0v) is 21.7. The van der Waals surface area contributed by atoms with Crippen LogP contribution in [0.25, 0.3) is 0 Å². The number of hydrogen-bond donors (Lipinski definition) is 1. The monoisotopic (exact) mass is 523 g/mol. The molecule has 1 aliphatic rings. The van der Waals surface area contributed by atoms with E-state index in [1.54, 1.807) is 37.3 Å². The second kappa shape index (κ2) is 11.0. The van der Waals surface area contributed by atoms with E-state index in [9.17, 15) is 18.0 Å². The van der Waals surface area contributed by atoms with Gasteiger partial charge in [-0.25, -0.2) is 8.42 Å². The highest BCUT2D eigenvalue weighted by Crippen LogP contribution is 2.33. The third kappa shape index (κ3) is 5.76. The van der Waals surface area contributed by atoms with Crippen LogP contribution in [0.2, 0.25) is 0 Å². The number of rotatable bonds is 8. The van der Waals surface area contributed by atoms with E-state index in [0.717, 1.165) is 9.87 Å². The number of ether oxygens (including phenoxy) is 2. The topological polar surface area (TPSA) is 105 Å². The molecular formula is C27H29N3O6S. The third-order valence-corrected chi connectivity index (χ3v) is 7.91. The van der Waals surface area contributed by atoms with Gasteiger partial charge < -0.3 is 19.7 Å². The Morgan fingerprint density at radius 3 is 2.49 bits per heavy atom. The molecule has 1 atom stereocenters. The molecule has 0 fully saturated rings. The van der Waals surface area contributed by atoms with Gasteiger partial charge in [0.2, 0.25) is 15.9 Å². The van der Waals surface area contributed by atoms with Crippen molar-refractivity contribution in [3.8, 4) is 11.5 Å². The van der Waals surface area contributed by atoms with E-state index in [0.29, 0.717) is 29.3 Å². The number of likely N-dealkylation sites (N-methyl/N-ethyl adjacent to an activating group) is 1. The number of fused-ring (bicyclic) bond motifs is 1. The molecule has 2 amide bonds. The van der Waals surface area contributed by atoms with Gasteiger partial charge in [0, 0.05) is 13.6 Å². The van der Waals surface area contributed by atoms with Crippen molar-refractivity contribution in [2.75, 3.05) is 32.1 Å². The summed E-state index contributed by atoms with van der Waals surface area (Å²) >= 11 is 0. The summed E-state index contributed by atoms with van der Waals surface area (Å²) < 4.78 is 38.4. The van der Waals surface area contributed by atoms with Crippen LogP contribution in [0.5, 0.6) is 11.5 Å². The molecule has 0 aliphatic carbocycles. The maximum atomic E-state index is 13.4. The summed E-state index contributed by atoms with van der Waals surface area (Å²) in [5.74, 6) is 0.0937. The molecular weight excluding hydrogens is 494 g/mol. The number of nitrogens with zero attached hydrogens (tertiary/aromatic N) is 2. The molecule has 1 N–H and O–H groups in total. The van der Waals surface area contributed by atoms with Gasteiger partial charge in [-0.05, 0) is 48.4 Å². The Bertz CT molecular complexity index is 1390. The highest BCUT2D eigenvalue weighted by Gasteiger charge is 2.35. The largest absolute Gasteiger partial charge is 0.496 e. The molecule has 10 heteroatoms. The lowest BCUT2D eigenvalue weighted by Gasteiger charge is -2.35. The van der Waals surface area contributed by atoms with Crippen molar-refractivity contribution in [3.63, 3.8) is 0 Å². The predicted molar refractivity (Wildman–Crippen MR) is 139 cm³/mol. The third-order valence-electron chi connectivity index (χ3n) is 6.11. The molecule has 0 saturated carbocycles. The smallest absolute Gasteiger partial charge is 0.263 e. The highest BCUT2D eigenvalue weighted by atomic mass is 32.2. The minimum Gasteiger partial charge on any atom is -0.496 e. The van der Waals surface area contributed by atoms with Crippen molar-refractivity contribution in [1.29, 1.82) is 0 Å². The zero-order chi connectivity index (χ0) is 26.6. The first-order chi connectivity index (χ1) is 17.7. The van der Waals surface area contributed by atoms with Gasteiger partial charge in [0.15, 0.2) is 6.10 Å². The van der Waals surface area contributed by atoms with Crippen LogP contribution in [0.15, 0.2) is 77.7 Å². The molecule has 4 rings (SSSR count). The average molecular weight is 524 g/mol. The molecule has 194 valence electrons. The van der Waals surface area contributed by atoms with Crippen molar-refractivity contribution in [2.24, 2.45) is 0 Å². The normalized spacial score (nSPS) is 15.0. The Hall–Kier alpha value is -3.89. The molecule has 0 radical (unpaired) electrons. The standard InChI is InChI=1S/C27H29N3O6S/c1-19-15-21(13-14-23(19)35-3)37(33,34)29(2)18-26(31)30-17-25(36-24-12-8-7-11-22(24)30)27(32)28-16-20-9-5-4-6-10-20/h4-15,25H,16-18H2,1-3H3,(H,28,32). The number of sulfonamides is 1. The number of carbonyl (C=O) groups is 2. The van der Waals surface area contributed by atoms with Crippen LogP contribution >= 0.6 is 0 Å². The average Bonchev–Trinajstić information content (AvgIpc) is 2.91. The lowest BCUT2D eigenvalue weighted by atomic mass is 10.1. The van der Waals surface area contributed by atoms with Crippen molar-refractivity contribution in [3.05, 3.63) is 83.9 Å². The first-order valence-electron chi connectivity index (χ1n) is 11.7. The maximum Gasteiger partial charge on any atom is 0.263 e. The lowest BCUT2D eigenvalue weighted by Crippen LogP contribution is -2.52. The lowest BCUT2D eigenvalue weighted by molar-refractivity contribution is -0.128. The molecule has 9 nitrogen and oxygen atoms in total. The SMILES string of the molecule is COc1ccc(S(=O)(=O)N(C)CC(=O)N2CC(C(=O)NCc3ccccc3)Oc3ccccc32)cc1C. The van der Waals surface area contributed by atoms with E-state index in [1.165, 1.54) is 31.2 Å². The number of carbonyl (C=O) groups excluding carboxylic acids is 2. The van der Waals surface area contributed by atoms with Gasteiger partial charge in [-0.1, -0.05) is 42.5 Å². The number of hydrogen-bond acceptors (Lipinski definition) is 6.